The lowest BCUT2D eigenvalue weighted by molar-refractivity contribution is 0.224. The van der Waals surface area contributed by atoms with E-state index in [0.29, 0.717) is 17.4 Å². The van der Waals surface area contributed by atoms with E-state index in [-0.39, 0.29) is 0 Å². The quantitative estimate of drug-likeness (QED) is 0.796. The van der Waals surface area contributed by atoms with E-state index in [1.54, 1.807) is 0 Å². The average Bonchev–Trinajstić information content (AvgIpc) is 2.62. The van der Waals surface area contributed by atoms with Crippen molar-refractivity contribution in [3.63, 3.8) is 0 Å². The molecule has 0 amide bonds. The normalized spacial score (nSPS) is 15.9. The van der Waals surface area contributed by atoms with E-state index >= 15 is 0 Å². The van der Waals surface area contributed by atoms with E-state index in [0.717, 1.165) is 6.54 Å². The largest absolute Gasteiger partial charge is 0.310 e. The van der Waals surface area contributed by atoms with Crippen LogP contribution in [0.4, 0.5) is 0 Å². The molecule has 0 saturated carbocycles. The third-order valence-electron chi connectivity index (χ3n) is 3.67. The van der Waals surface area contributed by atoms with E-state index in [9.17, 15) is 0 Å². The molecule has 0 spiro atoms. The van der Waals surface area contributed by atoms with Crippen LogP contribution in [0.25, 0.3) is 0 Å². The molecular weight excluding hydrogens is 226 g/mol. The number of nitrogens with one attached hydrogen (secondary N) is 1. The summed E-state index contributed by atoms with van der Waals surface area (Å²) < 4.78 is 0. The fraction of sp³-hybridized carbons (Fsp3) is 0.733. The Morgan fingerprint density at radius 3 is 2.41 bits per heavy atom. The molecule has 0 saturated heterocycles. The van der Waals surface area contributed by atoms with E-state index in [2.05, 4.69) is 58.3 Å². The molecule has 2 atom stereocenters. The third-order valence-corrected chi connectivity index (χ3v) is 4.55. The summed E-state index contributed by atoms with van der Waals surface area (Å²) in [5.74, 6) is 0.715. The second-order valence-electron chi connectivity index (χ2n) is 6.10. The lowest BCUT2D eigenvalue weighted by Crippen LogP contribution is -2.27. The summed E-state index contributed by atoms with van der Waals surface area (Å²) in [6, 6.07) is 2.84. The Bertz CT molecular complexity index is 335. The van der Waals surface area contributed by atoms with E-state index in [4.69, 9.17) is 0 Å². The summed E-state index contributed by atoms with van der Waals surface area (Å²) >= 11 is 1.85. The molecule has 0 radical (unpaired) electrons. The molecule has 1 N–H and O–H groups in total. The average molecular weight is 253 g/mol. The maximum Gasteiger partial charge on any atom is 0.0331 e. The predicted octanol–water partition coefficient (Wildman–Crippen LogP) is 4.78. The van der Waals surface area contributed by atoms with Crippen molar-refractivity contribution in [2.45, 2.75) is 54.0 Å². The van der Waals surface area contributed by atoms with Gasteiger partial charge in [-0.15, -0.1) is 11.3 Å². The monoisotopic (exact) mass is 253 g/mol. The van der Waals surface area contributed by atoms with Gasteiger partial charge in [-0.3, -0.25) is 0 Å². The number of aryl methyl sites for hydroxylation is 1. The van der Waals surface area contributed by atoms with E-state index in [1.807, 2.05) is 11.3 Å². The highest BCUT2D eigenvalue weighted by Crippen LogP contribution is 2.34. The van der Waals surface area contributed by atoms with Gasteiger partial charge in [0.25, 0.3) is 0 Å². The Balaban J connectivity index is 2.73. The van der Waals surface area contributed by atoms with Gasteiger partial charge in [0.15, 0.2) is 0 Å². The smallest absolute Gasteiger partial charge is 0.0331 e. The number of hydrogen-bond acceptors (Lipinski definition) is 2. The van der Waals surface area contributed by atoms with Crippen molar-refractivity contribution in [3.8, 4) is 0 Å². The Labute approximate surface area is 111 Å². The minimum atomic E-state index is 0.388. The standard InChI is InChI=1S/C15H27NS/c1-7-16-14(8-11(2)15(4,5)6)13-9-12(3)17-10-13/h9-11,14,16H,7-8H2,1-6H3. The Morgan fingerprint density at radius 1 is 1.35 bits per heavy atom. The number of hydrogen-bond donors (Lipinski definition) is 1. The zero-order valence-electron chi connectivity index (χ0n) is 12.1. The molecule has 0 bridgehead atoms. The van der Waals surface area contributed by atoms with Gasteiger partial charge in [0.05, 0.1) is 0 Å². The zero-order valence-corrected chi connectivity index (χ0v) is 12.9. The SMILES string of the molecule is CCNC(CC(C)C(C)(C)C)c1csc(C)c1. The molecule has 0 fully saturated rings. The molecule has 1 nitrogen and oxygen atoms in total. The molecule has 1 heterocycles. The summed E-state index contributed by atoms with van der Waals surface area (Å²) in [5, 5.41) is 5.93. The number of thiophene rings is 1. The summed E-state index contributed by atoms with van der Waals surface area (Å²) in [5.41, 5.74) is 1.85. The van der Waals surface area contributed by atoms with Crippen molar-refractivity contribution >= 4 is 11.3 Å². The van der Waals surface area contributed by atoms with Gasteiger partial charge < -0.3 is 5.32 Å². The van der Waals surface area contributed by atoms with Crippen LogP contribution in [0.5, 0.6) is 0 Å². The van der Waals surface area contributed by atoms with E-state index < -0.39 is 0 Å². The van der Waals surface area contributed by atoms with Gasteiger partial charge in [-0.25, -0.2) is 0 Å². The molecule has 1 aromatic rings. The lowest BCUT2D eigenvalue weighted by Gasteiger charge is -2.31. The fourth-order valence-electron chi connectivity index (χ4n) is 1.94. The first kappa shape index (κ1) is 14.7. The van der Waals surface area contributed by atoms with Crippen LogP contribution in [-0.2, 0) is 0 Å². The highest BCUT2D eigenvalue weighted by atomic mass is 32.1. The van der Waals surface area contributed by atoms with Crippen molar-refractivity contribution in [2.75, 3.05) is 6.54 Å². The molecule has 98 valence electrons. The van der Waals surface area contributed by atoms with Gasteiger partial charge in [-0.05, 0) is 48.2 Å². The van der Waals surface area contributed by atoms with Gasteiger partial charge in [-0.2, -0.15) is 0 Å². The van der Waals surface area contributed by atoms with Crippen molar-refractivity contribution < 1.29 is 0 Å². The minimum Gasteiger partial charge on any atom is -0.310 e. The maximum atomic E-state index is 3.62. The van der Waals surface area contributed by atoms with Crippen LogP contribution < -0.4 is 5.32 Å². The van der Waals surface area contributed by atoms with Crippen LogP contribution >= 0.6 is 11.3 Å². The molecule has 1 aromatic heterocycles. The van der Waals surface area contributed by atoms with Gasteiger partial charge in [0.1, 0.15) is 0 Å². The molecule has 2 unspecified atom stereocenters. The van der Waals surface area contributed by atoms with Gasteiger partial charge in [0.2, 0.25) is 0 Å². The Hall–Kier alpha value is -0.340. The van der Waals surface area contributed by atoms with Crippen LogP contribution in [0, 0.1) is 18.3 Å². The lowest BCUT2D eigenvalue weighted by atomic mass is 9.78. The summed E-state index contributed by atoms with van der Waals surface area (Å²) in [4.78, 5) is 1.41. The Kier molecular flexibility index (Phi) is 5.21. The zero-order chi connectivity index (χ0) is 13.1. The first-order valence-electron chi connectivity index (χ1n) is 6.63. The summed E-state index contributed by atoms with van der Waals surface area (Å²) in [6.45, 7) is 14.8. The van der Waals surface area contributed by atoms with E-state index in [1.165, 1.54) is 16.9 Å². The second kappa shape index (κ2) is 6.01. The molecule has 0 aliphatic heterocycles. The van der Waals surface area contributed by atoms with Gasteiger partial charge in [-0.1, -0.05) is 34.6 Å². The maximum absolute atomic E-state index is 3.62. The van der Waals surface area contributed by atoms with Crippen LogP contribution in [-0.4, -0.2) is 6.54 Å². The van der Waals surface area contributed by atoms with Gasteiger partial charge >= 0.3 is 0 Å². The molecule has 0 aromatic carbocycles. The number of rotatable bonds is 5. The molecule has 0 aliphatic carbocycles. The first-order chi connectivity index (χ1) is 7.84. The highest BCUT2D eigenvalue weighted by molar-refractivity contribution is 7.10. The summed E-state index contributed by atoms with van der Waals surface area (Å²) in [6.07, 6.45) is 1.22. The van der Waals surface area contributed by atoms with Crippen molar-refractivity contribution in [2.24, 2.45) is 11.3 Å². The third kappa shape index (κ3) is 4.44. The highest BCUT2D eigenvalue weighted by Gasteiger charge is 2.24. The van der Waals surface area contributed by atoms with Crippen LogP contribution in [0.3, 0.4) is 0 Å². The molecule has 17 heavy (non-hydrogen) atoms. The van der Waals surface area contributed by atoms with Crippen LogP contribution in [0.15, 0.2) is 11.4 Å². The van der Waals surface area contributed by atoms with Crippen molar-refractivity contribution in [3.05, 3.63) is 21.9 Å². The van der Waals surface area contributed by atoms with Crippen molar-refractivity contribution in [1.82, 2.24) is 5.32 Å². The minimum absolute atomic E-state index is 0.388. The predicted molar refractivity (Wildman–Crippen MR) is 78.7 cm³/mol. The molecule has 1 rings (SSSR count). The molecule has 0 aliphatic rings. The van der Waals surface area contributed by atoms with Crippen LogP contribution in [0.2, 0.25) is 0 Å². The molecular formula is C15H27NS. The summed E-state index contributed by atoms with van der Waals surface area (Å²) in [7, 11) is 0. The van der Waals surface area contributed by atoms with Gasteiger partial charge in [0, 0.05) is 10.9 Å². The first-order valence-corrected chi connectivity index (χ1v) is 7.51. The van der Waals surface area contributed by atoms with Crippen molar-refractivity contribution in [1.29, 1.82) is 0 Å². The topological polar surface area (TPSA) is 12.0 Å². The molecule has 2 heteroatoms. The van der Waals surface area contributed by atoms with Crippen LogP contribution in [0.1, 0.15) is 57.5 Å². The fourth-order valence-corrected chi connectivity index (χ4v) is 2.70. The Morgan fingerprint density at radius 2 is 2.00 bits per heavy atom. The second-order valence-corrected chi connectivity index (χ2v) is 7.22.